The lowest BCUT2D eigenvalue weighted by Crippen LogP contribution is -2.30. The fraction of sp³-hybridized carbons (Fsp3) is 0.571. The number of rotatable bonds is 6. The molecule has 2 unspecified atom stereocenters. The summed E-state index contributed by atoms with van der Waals surface area (Å²) in [6, 6.07) is 8.77. The van der Waals surface area contributed by atoms with Crippen molar-refractivity contribution in [3.05, 3.63) is 29.8 Å². The van der Waals surface area contributed by atoms with Crippen molar-refractivity contribution in [2.24, 2.45) is 0 Å². The molecule has 0 bridgehead atoms. The van der Waals surface area contributed by atoms with E-state index in [9.17, 15) is 0 Å². The summed E-state index contributed by atoms with van der Waals surface area (Å²) in [5.74, 6) is 1.48. The highest BCUT2D eigenvalue weighted by molar-refractivity contribution is 5.36. The number of ether oxygens (including phenoxy) is 1. The second-order valence-corrected chi connectivity index (χ2v) is 4.11. The van der Waals surface area contributed by atoms with Crippen LogP contribution in [0.25, 0.3) is 0 Å². The maximum Gasteiger partial charge on any atom is 0.122 e. The first-order chi connectivity index (χ1) is 7.70. The lowest BCUT2D eigenvalue weighted by molar-refractivity contribution is 0.331. The Bertz CT molecular complexity index is 311. The quantitative estimate of drug-likeness (QED) is 0.796. The van der Waals surface area contributed by atoms with Gasteiger partial charge in [-0.2, -0.15) is 0 Å². The molecule has 2 nitrogen and oxygen atoms in total. The molecule has 0 radical (unpaired) electrons. The molecule has 16 heavy (non-hydrogen) atoms. The van der Waals surface area contributed by atoms with E-state index in [4.69, 9.17) is 4.74 Å². The van der Waals surface area contributed by atoms with Gasteiger partial charge in [0, 0.05) is 6.04 Å². The van der Waals surface area contributed by atoms with E-state index in [0.717, 1.165) is 18.9 Å². The summed E-state index contributed by atoms with van der Waals surface area (Å²) in [6.07, 6.45) is 0. The number of nitrogens with one attached hydrogen (secondary N) is 1. The predicted octanol–water partition coefficient (Wildman–Crippen LogP) is 3.19. The molecule has 90 valence electrons. The Hall–Kier alpha value is -1.02. The molecule has 0 aromatic heterocycles. The fourth-order valence-corrected chi connectivity index (χ4v) is 1.91. The van der Waals surface area contributed by atoms with Crippen molar-refractivity contribution in [2.45, 2.75) is 39.7 Å². The van der Waals surface area contributed by atoms with Crippen LogP contribution in [0.5, 0.6) is 5.75 Å². The molecule has 0 aliphatic carbocycles. The molecule has 0 spiro atoms. The largest absolute Gasteiger partial charge is 0.494 e. The molecule has 1 aromatic rings. The van der Waals surface area contributed by atoms with Gasteiger partial charge in [-0.05, 0) is 37.9 Å². The van der Waals surface area contributed by atoms with E-state index in [1.165, 1.54) is 5.56 Å². The standard InChI is InChI=1S/C14H23NO/c1-5-15-12(4)11(3)13-9-7-8-10-14(13)16-6-2/h7-12,15H,5-6H2,1-4H3. The molecule has 1 N–H and O–H groups in total. The first-order valence-electron chi connectivity index (χ1n) is 6.15. The number of hydrogen-bond acceptors (Lipinski definition) is 2. The third-order valence-electron chi connectivity index (χ3n) is 2.99. The van der Waals surface area contributed by atoms with Crippen LogP contribution in [0.15, 0.2) is 24.3 Å². The Morgan fingerprint density at radius 3 is 2.50 bits per heavy atom. The summed E-state index contributed by atoms with van der Waals surface area (Å²) in [7, 11) is 0. The minimum atomic E-state index is 0.461. The zero-order valence-corrected chi connectivity index (χ0v) is 10.8. The zero-order chi connectivity index (χ0) is 12.0. The molecule has 0 amide bonds. The van der Waals surface area contributed by atoms with Gasteiger partial charge < -0.3 is 10.1 Å². The van der Waals surface area contributed by atoms with E-state index in [-0.39, 0.29) is 0 Å². The smallest absolute Gasteiger partial charge is 0.122 e. The Labute approximate surface area is 99.0 Å². The van der Waals surface area contributed by atoms with E-state index < -0.39 is 0 Å². The van der Waals surface area contributed by atoms with Crippen LogP contribution in [-0.2, 0) is 0 Å². The van der Waals surface area contributed by atoms with E-state index in [2.05, 4.69) is 38.2 Å². The number of para-hydroxylation sites is 1. The summed E-state index contributed by atoms with van der Waals surface area (Å²) in [4.78, 5) is 0. The number of likely N-dealkylation sites (N-methyl/N-ethyl adjacent to an activating group) is 1. The molecule has 2 atom stereocenters. The molecular weight excluding hydrogens is 198 g/mol. The monoisotopic (exact) mass is 221 g/mol. The first-order valence-corrected chi connectivity index (χ1v) is 6.15. The Morgan fingerprint density at radius 1 is 1.19 bits per heavy atom. The summed E-state index contributed by atoms with van der Waals surface area (Å²) in [5, 5.41) is 3.46. The highest BCUT2D eigenvalue weighted by Crippen LogP contribution is 2.28. The summed E-state index contributed by atoms with van der Waals surface area (Å²) in [6.45, 7) is 10.3. The molecule has 0 aliphatic rings. The first kappa shape index (κ1) is 13.0. The van der Waals surface area contributed by atoms with Gasteiger partial charge in [0.2, 0.25) is 0 Å². The topological polar surface area (TPSA) is 21.3 Å². The van der Waals surface area contributed by atoms with Gasteiger partial charge in [-0.1, -0.05) is 32.0 Å². The van der Waals surface area contributed by atoms with Gasteiger partial charge in [-0.25, -0.2) is 0 Å². The minimum absolute atomic E-state index is 0.461. The Kier molecular flexibility index (Phi) is 5.33. The highest BCUT2D eigenvalue weighted by Gasteiger charge is 2.16. The molecule has 1 rings (SSSR count). The average molecular weight is 221 g/mol. The summed E-state index contributed by atoms with van der Waals surface area (Å²) in [5.41, 5.74) is 1.29. The zero-order valence-electron chi connectivity index (χ0n) is 10.8. The molecule has 2 heteroatoms. The highest BCUT2D eigenvalue weighted by atomic mass is 16.5. The molecule has 0 heterocycles. The van der Waals surface area contributed by atoms with Gasteiger partial charge in [-0.15, -0.1) is 0 Å². The van der Waals surface area contributed by atoms with Crippen molar-refractivity contribution in [2.75, 3.05) is 13.2 Å². The third kappa shape index (κ3) is 3.24. The summed E-state index contributed by atoms with van der Waals surface area (Å²) >= 11 is 0. The van der Waals surface area contributed by atoms with Crippen LogP contribution < -0.4 is 10.1 Å². The lowest BCUT2D eigenvalue weighted by atomic mass is 9.93. The Morgan fingerprint density at radius 2 is 1.88 bits per heavy atom. The van der Waals surface area contributed by atoms with Crippen molar-refractivity contribution < 1.29 is 4.74 Å². The third-order valence-corrected chi connectivity index (χ3v) is 2.99. The van der Waals surface area contributed by atoms with Gasteiger partial charge >= 0.3 is 0 Å². The van der Waals surface area contributed by atoms with Crippen LogP contribution in [0, 0.1) is 0 Å². The van der Waals surface area contributed by atoms with Crippen LogP contribution in [0.2, 0.25) is 0 Å². The number of hydrogen-bond donors (Lipinski definition) is 1. The second-order valence-electron chi connectivity index (χ2n) is 4.11. The van der Waals surface area contributed by atoms with E-state index in [1.54, 1.807) is 0 Å². The average Bonchev–Trinajstić information content (AvgIpc) is 2.29. The van der Waals surface area contributed by atoms with Crippen LogP contribution in [0.4, 0.5) is 0 Å². The van der Waals surface area contributed by atoms with Gasteiger partial charge in [0.25, 0.3) is 0 Å². The number of benzene rings is 1. The maximum atomic E-state index is 5.66. The molecule has 0 saturated carbocycles. The van der Waals surface area contributed by atoms with Gasteiger partial charge in [0.15, 0.2) is 0 Å². The molecule has 1 aromatic carbocycles. The SMILES string of the molecule is CCNC(C)C(C)c1ccccc1OCC. The van der Waals surface area contributed by atoms with E-state index in [0.29, 0.717) is 12.0 Å². The normalized spacial score (nSPS) is 14.5. The van der Waals surface area contributed by atoms with Crippen molar-refractivity contribution >= 4 is 0 Å². The van der Waals surface area contributed by atoms with Crippen molar-refractivity contribution in [1.82, 2.24) is 5.32 Å². The minimum Gasteiger partial charge on any atom is -0.494 e. The molecule has 0 saturated heterocycles. The van der Waals surface area contributed by atoms with Crippen LogP contribution >= 0.6 is 0 Å². The summed E-state index contributed by atoms with van der Waals surface area (Å²) < 4.78 is 5.66. The van der Waals surface area contributed by atoms with Crippen LogP contribution in [-0.4, -0.2) is 19.2 Å². The molecule has 0 aliphatic heterocycles. The van der Waals surface area contributed by atoms with Crippen molar-refractivity contribution in [3.63, 3.8) is 0 Å². The van der Waals surface area contributed by atoms with Crippen molar-refractivity contribution in [1.29, 1.82) is 0 Å². The van der Waals surface area contributed by atoms with Crippen LogP contribution in [0.3, 0.4) is 0 Å². The maximum absolute atomic E-state index is 5.66. The second kappa shape index (κ2) is 6.54. The van der Waals surface area contributed by atoms with E-state index in [1.807, 2.05) is 19.1 Å². The molecule has 0 fully saturated rings. The fourth-order valence-electron chi connectivity index (χ4n) is 1.91. The molecular formula is C14H23NO. The van der Waals surface area contributed by atoms with E-state index >= 15 is 0 Å². The van der Waals surface area contributed by atoms with Crippen LogP contribution in [0.1, 0.15) is 39.2 Å². The van der Waals surface area contributed by atoms with Crippen molar-refractivity contribution in [3.8, 4) is 5.75 Å². The lowest BCUT2D eigenvalue weighted by Gasteiger charge is -2.23. The van der Waals surface area contributed by atoms with Gasteiger partial charge in [0.1, 0.15) is 5.75 Å². The Balaban J connectivity index is 2.84. The van der Waals surface area contributed by atoms with Gasteiger partial charge in [0.05, 0.1) is 6.61 Å². The van der Waals surface area contributed by atoms with Gasteiger partial charge in [-0.3, -0.25) is 0 Å². The predicted molar refractivity (Wildman–Crippen MR) is 69.2 cm³/mol.